The molecule has 0 unspecified atom stereocenters. The van der Waals surface area contributed by atoms with Gasteiger partial charge in [-0.05, 0) is 0 Å². The Morgan fingerprint density at radius 3 is 2.14 bits per heavy atom. The van der Waals surface area contributed by atoms with Crippen molar-refractivity contribution < 1.29 is 13.6 Å². The van der Waals surface area contributed by atoms with E-state index in [0.29, 0.717) is 0 Å². The van der Waals surface area contributed by atoms with Gasteiger partial charge in [-0.2, -0.15) is 8.78 Å². The zero-order valence-electron chi connectivity index (χ0n) is 3.74. The predicted molar refractivity (Wildman–Crippen MR) is 19.8 cm³/mol. The van der Waals surface area contributed by atoms with Crippen LogP contribution in [0.1, 0.15) is 6.92 Å². The van der Waals surface area contributed by atoms with Crippen LogP contribution in [0.3, 0.4) is 0 Å². The van der Waals surface area contributed by atoms with Crippen LogP contribution in [-0.2, 0) is 4.79 Å². The van der Waals surface area contributed by atoms with Crippen LogP contribution >= 0.6 is 0 Å². The summed E-state index contributed by atoms with van der Waals surface area (Å²) >= 11 is 0. The lowest BCUT2D eigenvalue weighted by molar-refractivity contribution is -0.122. The summed E-state index contributed by atoms with van der Waals surface area (Å²) in [7, 11) is 0. The van der Waals surface area contributed by atoms with Crippen LogP contribution in [0.25, 0.3) is 0 Å². The number of hydrogen-bond acceptors (Lipinski definition) is 1. The molecule has 42 valence electrons. The zero-order chi connectivity index (χ0) is 5.86. The molecule has 0 heterocycles. The highest BCUT2D eigenvalue weighted by atomic mass is 19.3. The molecule has 1 N–H and O–H groups in total. The number of carbonyl (C=O) groups excluding carboxylic acids is 1. The van der Waals surface area contributed by atoms with Crippen molar-refractivity contribution in [1.82, 2.24) is 5.32 Å². The highest BCUT2D eigenvalue weighted by Crippen LogP contribution is 1.82. The first kappa shape index (κ1) is 6.33. The maximum Gasteiger partial charge on any atom is 0.315 e. The highest BCUT2D eigenvalue weighted by Gasteiger charge is 1.99. The first-order chi connectivity index (χ1) is 3.13. The molecule has 0 radical (unpaired) electrons. The van der Waals surface area contributed by atoms with Crippen molar-refractivity contribution in [3.05, 3.63) is 0 Å². The van der Waals surface area contributed by atoms with E-state index in [-0.39, 0.29) is 0 Å². The second-order valence-corrected chi connectivity index (χ2v) is 1.00. The molecule has 0 aliphatic rings. The van der Waals surface area contributed by atoms with E-state index >= 15 is 0 Å². The molecular weight excluding hydrogens is 104 g/mol. The lowest BCUT2D eigenvalue weighted by Crippen LogP contribution is -2.25. The molecule has 0 saturated carbocycles. The van der Waals surface area contributed by atoms with Gasteiger partial charge in [-0.15, -0.1) is 0 Å². The van der Waals surface area contributed by atoms with Crippen LogP contribution in [-0.4, -0.2) is 12.5 Å². The summed E-state index contributed by atoms with van der Waals surface area (Å²) in [6.45, 7) is -1.69. The maximum atomic E-state index is 11.0. The Morgan fingerprint density at radius 2 is 2.14 bits per heavy atom. The van der Waals surface area contributed by atoms with Crippen molar-refractivity contribution in [2.45, 2.75) is 13.5 Å². The first-order valence-electron chi connectivity index (χ1n) is 1.68. The summed E-state index contributed by atoms with van der Waals surface area (Å²) in [5, 5.41) is 1.33. The molecule has 2 nitrogen and oxygen atoms in total. The molecule has 0 aromatic heterocycles. The number of hydrogen-bond donors (Lipinski definition) is 1. The molecule has 0 spiro atoms. The van der Waals surface area contributed by atoms with Gasteiger partial charge in [-0.25, -0.2) is 0 Å². The van der Waals surface area contributed by atoms with Gasteiger partial charge in [-0.3, -0.25) is 4.79 Å². The molecule has 4 heteroatoms. The monoisotopic (exact) mass is 109 g/mol. The Hall–Kier alpha value is -0.670. The van der Waals surface area contributed by atoms with Gasteiger partial charge < -0.3 is 5.32 Å². The van der Waals surface area contributed by atoms with Crippen LogP contribution in [0, 0.1) is 0 Å². The third-order valence-electron chi connectivity index (χ3n) is 0.312. The molecule has 0 aliphatic heterocycles. The third kappa shape index (κ3) is 5.33. The van der Waals surface area contributed by atoms with Crippen LogP contribution in [0.5, 0.6) is 0 Å². The Bertz CT molecular complexity index is 73.3. The Morgan fingerprint density at radius 1 is 1.71 bits per heavy atom. The van der Waals surface area contributed by atoms with Gasteiger partial charge >= 0.3 is 6.55 Å². The lowest BCUT2D eigenvalue weighted by atomic mass is 10.7. The number of halogens is 2. The maximum absolute atomic E-state index is 11.0. The third-order valence-corrected chi connectivity index (χ3v) is 0.312. The Balaban J connectivity index is 3.13. The second-order valence-electron chi connectivity index (χ2n) is 1.00. The molecule has 0 aliphatic carbocycles. The summed E-state index contributed by atoms with van der Waals surface area (Å²) in [6.07, 6.45) is 0. The molecule has 0 bridgehead atoms. The van der Waals surface area contributed by atoms with Crippen LogP contribution in [0.2, 0.25) is 0 Å². The molecule has 0 rings (SSSR count). The second kappa shape index (κ2) is 2.49. The van der Waals surface area contributed by atoms with Crippen molar-refractivity contribution in [3.63, 3.8) is 0 Å². The van der Waals surface area contributed by atoms with Crippen LogP contribution in [0.15, 0.2) is 0 Å². The van der Waals surface area contributed by atoms with Crippen molar-refractivity contribution >= 4 is 5.91 Å². The number of nitrogens with one attached hydrogen (secondary N) is 1. The zero-order valence-corrected chi connectivity index (χ0v) is 3.74. The van der Waals surface area contributed by atoms with Crippen LogP contribution in [0.4, 0.5) is 8.78 Å². The van der Waals surface area contributed by atoms with Crippen molar-refractivity contribution in [2.75, 3.05) is 0 Å². The van der Waals surface area contributed by atoms with E-state index in [4.69, 9.17) is 0 Å². The van der Waals surface area contributed by atoms with Gasteiger partial charge in [0.2, 0.25) is 5.91 Å². The average Bonchev–Trinajstić information content (AvgIpc) is 1.27. The Labute approximate surface area is 39.5 Å². The fourth-order valence-corrected chi connectivity index (χ4v) is 0.154. The van der Waals surface area contributed by atoms with E-state index in [1.54, 1.807) is 0 Å². The highest BCUT2D eigenvalue weighted by molar-refractivity contribution is 5.72. The van der Waals surface area contributed by atoms with Gasteiger partial charge in [0.1, 0.15) is 0 Å². The van der Waals surface area contributed by atoms with Crippen molar-refractivity contribution in [1.29, 1.82) is 0 Å². The lowest BCUT2D eigenvalue weighted by Gasteiger charge is -1.94. The molecule has 0 aromatic carbocycles. The molecule has 0 saturated heterocycles. The largest absolute Gasteiger partial charge is 0.315 e. The summed E-state index contributed by atoms with van der Waals surface area (Å²) in [5.74, 6) is -0.713. The SMILES string of the molecule is CC(=O)NC(F)F. The van der Waals surface area contributed by atoms with E-state index in [9.17, 15) is 13.6 Å². The molecule has 0 aromatic rings. The van der Waals surface area contributed by atoms with E-state index in [1.807, 2.05) is 0 Å². The fraction of sp³-hybridized carbons (Fsp3) is 0.667. The minimum Gasteiger partial charge on any atom is -0.300 e. The minimum atomic E-state index is -2.72. The van der Waals surface area contributed by atoms with Gasteiger partial charge in [0.15, 0.2) is 0 Å². The molecular formula is C3H5F2NO. The number of carbonyl (C=O) groups is 1. The summed E-state index contributed by atoms with van der Waals surface area (Å²) in [6, 6.07) is 0. The summed E-state index contributed by atoms with van der Waals surface area (Å²) < 4.78 is 21.9. The minimum absolute atomic E-state index is 0.713. The molecule has 1 amide bonds. The van der Waals surface area contributed by atoms with E-state index in [1.165, 1.54) is 5.32 Å². The number of rotatable bonds is 1. The van der Waals surface area contributed by atoms with Crippen molar-refractivity contribution in [2.24, 2.45) is 0 Å². The number of alkyl halides is 2. The van der Waals surface area contributed by atoms with Crippen molar-refractivity contribution in [3.8, 4) is 0 Å². The summed E-state index contributed by atoms with van der Waals surface area (Å²) in [4.78, 5) is 9.66. The van der Waals surface area contributed by atoms with E-state index in [0.717, 1.165) is 6.92 Å². The molecule has 7 heavy (non-hydrogen) atoms. The quantitative estimate of drug-likeness (QED) is 0.483. The topological polar surface area (TPSA) is 29.1 Å². The van der Waals surface area contributed by atoms with Crippen LogP contribution < -0.4 is 5.32 Å². The van der Waals surface area contributed by atoms with E-state index in [2.05, 4.69) is 0 Å². The normalized spacial score (nSPS) is 9.14. The average molecular weight is 109 g/mol. The smallest absolute Gasteiger partial charge is 0.300 e. The standard InChI is InChI=1S/C3H5F2NO/c1-2(7)6-3(4)5/h3H,1H3,(H,6,7). The summed E-state index contributed by atoms with van der Waals surface area (Å²) in [5.41, 5.74) is 0. The van der Waals surface area contributed by atoms with Gasteiger partial charge in [0.25, 0.3) is 0 Å². The van der Waals surface area contributed by atoms with Gasteiger partial charge in [0, 0.05) is 6.92 Å². The molecule has 0 fully saturated rings. The van der Waals surface area contributed by atoms with Gasteiger partial charge in [-0.1, -0.05) is 0 Å². The van der Waals surface area contributed by atoms with Gasteiger partial charge in [0.05, 0.1) is 0 Å². The Kier molecular flexibility index (Phi) is 2.26. The fourth-order valence-electron chi connectivity index (χ4n) is 0.154. The van der Waals surface area contributed by atoms with E-state index < -0.39 is 12.5 Å². The molecule has 0 atom stereocenters. The number of amides is 1. The predicted octanol–water partition coefficient (Wildman–Crippen LogP) is 0.345. The first-order valence-corrected chi connectivity index (χ1v) is 1.68.